The van der Waals surface area contributed by atoms with E-state index in [-0.39, 0.29) is 0 Å². The van der Waals surface area contributed by atoms with Gasteiger partial charge in [0.25, 0.3) is 0 Å². The second-order valence-electron chi connectivity index (χ2n) is 5.35. The van der Waals surface area contributed by atoms with Crippen molar-refractivity contribution in [2.75, 3.05) is 0 Å². The van der Waals surface area contributed by atoms with Gasteiger partial charge >= 0.3 is 0 Å². The van der Waals surface area contributed by atoms with Gasteiger partial charge < -0.3 is 4.98 Å². The quantitative estimate of drug-likeness (QED) is 0.572. The zero-order valence-electron chi connectivity index (χ0n) is 12.5. The lowest BCUT2D eigenvalue weighted by Crippen LogP contribution is -1.85. The predicted molar refractivity (Wildman–Crippen MR) is 91.5 cm³/mol. The Morgan fingerprint density at radius 1 is 0.905 bits per heavy atom. The highest BCUT2D eigenvalue weighted by molar-refractivity contribution is 5.90. The van der Waals surface area contributed by atoms with Crippen LogP contribution in [0.15, 0.2) is 66.7 Å². The van der Waals surface area contributed by atoms with Gasteiger partial charge in [0.15, 0.2) is 0 Å². The molecule has 21 heavy (non-hydrogen) atoms. The van der Waals surface area contributed by atoms with E-state index in [1.54, 1.807) is 0 Å². The summed E-state index contributed by atoms with van der Waals surface area (Å²) in [4.78, 5) is 3.59. The van der Waals surface area contributed by atoms with E-state index >= 15 is 0 Å². The maximum absolute atomic E-state index is 3.59. The summed E-state index contributed by atoms with van der Waals surface area (Å²) >= 11 is 0. The number of hydrogen-bond acceptors (Lipinski definition) is 0. The molecule has 106 valence electrons. The zero-order valence-corrected chi connectivity index (χ0v) is 12.5. The molecular weight excluding hydrogens is 254 g/mol. The second-order valence-corrected chi connectivity index (χ2v) is 5.35. The van der Waals surface area contributed by atoms with E-state index in [1.165, 1.54) is 34.1 Å². The van der Waals surface area contributed by atoms with Crippen LogP contribution in [0.4, 0.5) is 0 Å². The molecule has 0 saturated carbocycles. The molecule has 0 amide bonds. The molecule has 0 unspecified atom stereocenters. The fraction of sp³-hybridized carbons (Fsp3) is 0.200. The van der Waals surface area contributed by atoms with Crippen LogP contribution in [0, 0.1) is 0 Å². The lowest BCUT2D eigenvalue weighted by Gasteiger charge is -2.02. The number of para-hydroxylation sites is 1. The van der Waals surface area contributed by atoms with E-state index in [0.717, 1.165) is 12.8 Å². The van der Waals surface area contributed by atoms with Crippen LogP contribution in [0.2, 0.25) is 0 Å². The van der Waals surface area contributed by atoms with Crippen molar-refractivity contribution in [3.05, 3.63) is 72.3 Å². The summed E-state index contributed by atoms with van der Waals surface area (Å²) < 4.78 is 0. The average Bonchev–Trinajstić information content (AvgIpc) is 2.91. The Balaban J connectivity index is 2.06. The molecule has 3 rings (SSSR count). The molecule has 2 aromatic carbocycles. The average molecular weight is 275 g/mol. The molecule has 1 N–H and O–H groups in total. The molecule has 0 spiro atoms. The first-order valence-corrected chi connectivity index (χ1v) is 7.70. The van der Waals surface area contributed by atoms with Gasteiger partial charge in [0.1, 0.15) is 0 Å². The fourth-order valence-corrected chi connectivity index (χ4v) is 2.75. The largest absolute Gasteiger partial charge is 0.354 e. The molecule has 1 aromatic heterocycles. The third kappa shape index (κ3) is 2.92. The Hall–Kier alpha value is -2.28. The Bertz CT molecular complexity index is 735. The first-order chi connectivity index (χ1) is 10.4. The van der Waals surface area contributed by atoms with E-state index in [2.05, 4.69) is 78.7 Å². The molecule has 0 aliphatic carbocycles. The molecule has 1 heterocycles. The maximum atomic E-state index is 3.59. The lowest BCUT2D eigenvalue weighted by atomic mass is 10.0. The number of aromatic amines is 1. The summed E-state index contributed by atoms with van der Waals surface area (Å²) in [6.07, 6.45) is 7.93. The van der Waals surface area contributed by atoms with Gasteiger partial charge in [0.05, 0.1) is 5.69 Å². The number of H-pyrrole nitrogens is 1. The van der Waals surface area contributed by atoms with Gasteiger partial charge in [0.2, 0.25) is 0 Å². The predicted octanol–water partition coefficient (Wildman–Crippen LogP) is 5.73. The minimum atomic E-state index is 0.980. The SMILES string of the molecule is CCC/C=C/Cc1c(-c2ccccc2)[nH]c2ccccc12. The molecule has 0 aliphatic rings. The molecule has 0 radical (unpaired) electrons. The third-order valence-electron chi connectivity index (χ3n) is 3.82. The highest BCUT2D eigenvalue weighted by atomic mass is 14.7. The van der Waals surface area contributed by atoms with Gasteiger partial charge in [-0.1, -0.05) is 74.0 Å². The summed E-state index contributed by atoms with van der Waals surface area (Å²) in [5.74, 6) is 0. The van der Waals surface area contributed by atoms with Crippen LogP contribution < -0.4 is 0 Å². The highest BCUT2D eigenvalue weighted by Gasteiger charge is 2.11. The number of hydrogen-bond donors (Lipinski definition) is 1. The van der Waals surface area contributed by atoms with Crippen LogP contribution in [-0.4, -0.2) is 4.98 Å². The van der Waals surface area contributed by atoms with Gasteiger partial charge in [-0.15, -0.1) is 0 Å². The molecule has 1 heteroatoms. The van der Waals surface area contributed by atoms with Crippen LogP contribution in [0.3, 0.4) is 0 Å². The van der Waals surface area contributed by atoms with Gasteiger partial charge in [0, 0.05) is 10.9 Å². The summed E-state index contributed by atoms with van der Waals surface area (Å²) in [7, 11) is 0. The van der Waals surface area contributed by atoms with Crippen molar-refractivity contribution in [2.24, 2.45) is 0 Å². The minimum absolute atomic E-state index is 0.980. The summed E-state index contributed by atoms with van der Waals surface area (Å²) in [5.41, 5.74) is 5.12. The number of rotatable bonds is 5. The van der Waals surface area contributed by atoms with Crippen molar-refractivity contribution < 1.29 is 0 Å². The molecule has 0 fully saturated rings. The first kappa shape index (κ1) is 13.7. The molecule has 3 aromatic rings. The number of allylic oxidation sites excluding steroid dienone is 2. The number of fused-ring (bicyclic) bond motifs is 1. The van der Waals surface area contributed by atoms with Crippen molar-refractivity contribution in [3.8, 4) is 11.3 Å². The molecular formula is C20H21N. The molecule has 0 bridgehead atoms. The standard InChI is InChI=1S/C20H21N/c1-2-3-4-8-14-18-17-13-9-10-15-19(17)21-20(18)16-11-6-5-7-12-16/h4-13,15,21H,2-3,14H2,1H3/b8-4+. The van der Waals surface area contributed by atoms with Crippen LogP contribution in [0.25, 0.3) is 22.2 Å². The molecule has 0 aliphatic heterocycles. The monoisotopic (exact) mass is 275 g/mol. The van der Waals surface area contributed by atoms with Crippen molar-refractivity contribution >= 4 is 10.9 Å². The van der Waals surface area contributed by atoms with E-state index in [4.69, 9.17) is 0 Å². The van der Waals surface area contributed by atoms with Crippen molar-refractivity contribution in [1.82, 2.24) is 4.98 Å². The highest BCUT2D eigenvalue weighted by Crippen LogP contribution is 2.30. The van der Waals surface area contributed by atoms with E-state index in [9.17, 15) is 0 Å². The normalized spacial score (nSPS) is 11.5. The molecule has 0 atom stereocenters. The number of nitrogens with one attached hydrogen (secondary N) is 1. The van der Waals surface area contributed by atoms with Crippen molar-refractivity contribution in [3.63, 3.8) is 0 Å². The molecule has 1 nitrogen and oxygen atoms in total. The van der Waals surface area contributed by atoms with Crippen LogP contribution in [0.5, 0.6) is 0 Å². The minimum Gasteiger partial charge on any atom is -0.354 e. The van der Waals surface area contributed by atoms with Crippen molar-refractivity contribution in [2.45, 2.75) is 26.2 Å². The lowest BCUT2D eigenvalue weighted by molar-refractivity contribution is 0.954. The Morgan fingerprint density at radius 3 is 2.48 bits per heavy atom. The fourth-order valence-electron chi connectivity index (χ4n) is 2.75. The summed E-state index contributed by atoms with van der Waals surface area (Å²) in [6, 6.07) is 19.2. The van der Waals surface area contributed by atoms with Gasteiger partial charge in [-0.25, -0.2) is 0 Å². The van der Waals surface area contributed by atoms with Crippen LogP contribution >= 0.6 is 0 Å². The Labute approximate surface area is 126 Å². The maximum Gasteiger partial charge on any atom is 0.0500 e. The van der Waals surface area contributed by atoms with Gasteiger partial charge in [-0.3, -0.25) is 0 Å². The van der Waals surface area contributed by atoms with Crippen LogP contribution in [0.1, 0.15) is 25.3 Å². The Kier molecular flexibility index (Phi) is 4.20. The summed E-state index contributed by atoms with van der Waals surface area (Å²) in [5, 5.41) is 1.33. The third-order valence-corrected chi connectivity index (χ3v) is 3.82. The van der Waals surface area contributed by atoms with E-state index in [0.29, 0.717) is 0 Å². The molecule has 0 saturated heterocycles. The van der Waals surface area contributed by atoms with Crippen molar-refractivity contribution in [1.29, 1.82) is 0 Å². The van der Waals surface area contributed by atoms with Gasteiger partial charge in [-0.05, 0) is 30.0 Å². The first-order valence-electron chi connectivity index (χ1n) is 7.70. The smallest absolute Gasteiger partial charge is 0.0500 e. The van der Waals surface area contributed by atoms with E-state index < -0.39 is 0 Å². The number of unbranched alkanes of at least 4 members (excludes halogenated alkanes) is 1. The second kappa shape index (κ2) is 6.45. The van der Waals surface area contributed by atoms with Gasteiger partial charge in [-0.2, -0.15) is 0 Å². The van der Waals surface area contributed by atoms with E-state index in [1.807, 2.05) is 0 Å². The zero-order chi connectivity index (χ0) is 14.5. The summed E-state index contributed by atoms with van der Waals surface area (Å²) in [6.45, 7) is 2.21. The number of aromatic nitrogens is 1. The topological polar surface area (TPSA) is 15.8 Å². The van der Waals surface area contributed by atoms with Crippen LogP contribution in [-0.2, 0) is 6.42 Å². The Morgan fingerprint density at radius 2 is 1.67 bits per heavy atom. The number of benzene rings is 2.